The predicted octanol–water partition coefficient (Wildman–Crippen LogP) is 7.70. The molecule has 0 heterocycles. The number of halogens is 2. The molecule has 0 radical (unpaired) electrons. The first kappa shape index (κ1) is 34.8. The summed E-state index contributed by atoms with van der Waals surface area (Å²) in [6.45, 7) is 6.59. The maximum absolute atomic E-state index is 14.3. The van der Waals surface area contributed by atoms with E-state index >= 15 is 0 Å². The first-order valence-corrected chi connectivity index (χ1v) is 16.9. The molecule has 242 valence electrons. The number of nitrogens with zero attached hydrogens (tertiary/aromatic N) is 2. The van der Waals surface area contributed by atoms with Crippen molar-refractivity contribution in [2.45, 2.75) is 57.1 Å². The van der Waals surface area contributed by atoms with Gasteiger partial charge in [-0.2, -0.15) is 0 Å². The molecule has 0 aliphatic carbocycles. The number of carbonyl (C=O) groups is 2. The number of ether oxygens (including phenoxy) is 1. The minimum Gasteiger partial charge on any atom is -0.457 e. The standard InChI is InChI=1S/C35H37Cl2N3O5S/c1-5-32(34(42)38-35(2,3)4)39(23-29-30(36)17-12-18-31(29)37)33(41)24-40(46(43,44)28-15-10-7-11-16-28)25-19-21-27(22-20-25)45-26-13-8-6-9-14-26/h6-22,32H,5,23-24H2,1-4H3,(H,38,42)/t32-/m1/s1. The maximum atomic E-state index is 14.3. The number of sulfonamides is 1. The van der Waals surface area contributed by atoms with E-state index < -0.39 is 34.1 Å². The lowest BCUT2D eigenvalue weighted by molar-refractivity contribution is -0.141. The van der Waals surface area contributed by atoms with Crippen LogP contribution in [0.2, 0.25) is 10.0 Å². The summed E-state index contributed by atoms with van der Waals surface area (Å²) in [6.07, 6.45) is 0.257. The second-order valence-electron chi connectivity index (χ2n) is 11.6. The van der Waals surface area contributed by atoms with Crippen molar-refractivity contribution < 1.29 is 22.7 Å². The van der Waals surface area contributed by atoms with Crippen molar-refractivity contribution in [1.82, 2.24) is 10.2 Å². The normalized spacial score (nSPS) is 12.2. The smallest absolute Gasteiger partial charge is 0.264 e. The third-order valence-electron chi connectivity index (χ3n) is 6.99. The van der Waals surface area contributed by atoms with Gasteiger partial charge in [0.05, 0.1) is 10.6 Å². The van der Waals surface area contributed by atoms with Crippen LogP contribution in [0.25, 0.3) is 0 Å². The molecule has 46 heavy (non-hydrogen) atoms. The van der Waals surface area contributed by atoms with Crippen molar-refractivity contribution in [1.29, 1.82) is 0 Å². The number of hydrogen-bond acceptors (Lipinski definition) is 5. The summed E-state index contributed by atoms with van der Waals surface area (Å²) in [5, 5.41) is 3.58. The van der Waals surface area contributed by atoms with Gasteiger partial charge < -0.3 is 15.0 Å². The van der Waals surface area contributed by atoms with Crippen LogP contribution in [0.3, 0.4) is 0 Å². The number of rotatable bonds is 12. The Bertz CT molecular complexity index is 1730. The second-order valence-corrected chi connectivity index (χ2v) is 14.3. The molecule has 0 saturated heterocycles. The Kier molecular flexibility index (Phi) is 11.4. The Balaban J connectivity index is 1.75. The predicted molar refractivity (Wildman–Crippen MR) is 183 cm³/mol. The lowest BCUT2D eigenvalue weighted by Crippen LogP contribution is -2.55. The number of benzene rings is 4. The number of carbonyl (C=O) groups excluding carboxylic acids is 2. The van der Waals surface area contributed by atoms with Gasteiger partial charge in [0.15, 0.2) is 0 Å². The third-order valence-corrected chi connectivity index (χ3v) is 9.48. The highest BCUT2D eigenvalue weighted by Crippen LogP contribution is 2.30. The summed E-state index contributed by atoms with van der Waals surface area (Å²) in [4.78, 5) is 29.2. The summed E-state index contributed by atoms with van der Waals surface area (Å²) in [6, 6.07) is 27.5. The van der Waals surface area contributed by atoms with Gasteiger partial charge in [-0.15, -0.1) is 0 Å². The average molecular weight is 683 g/mol. The third kappa shape index (κ3) is 8.81. The van der Waals surface area contributed by atoms with Crippen LogP contribution in [0.1, 0.15) is 39.7 Å². The molecular formula is C35H37Cl2N3O5S. The fourth-order valence-corrected chi connectivity index (χ4v) is 6.73. The van der Waals surface area contributed by atoms with E-state index in [1.165, 1.54) is 17.0 Å². The van der Waals surface area contributed by atoms with Gasteiger partial charge in [0.2, 0.25) is 11.8 Å². The molecule has 4 rings (SSSR count). The van der Waals surface area contributed by atoms with Gasteiger partial charge in [-0.25, -0.2) is 8.42 Å². The summed E-state index contributed by atoms with van der Waals surface area (Å²) in [5.74, 6) is 0.104. The molecule has 8 nitrogen and oxygen atoms in total. The summed E-state index contributed by atoms with van der Waals surface area (Å²) in [7, 11) is -4.23. The molecule has 0 spiro atoms. The Labute approximate surface area is 280 Å². The van der Waals surface area contributed by atoms with E-state index in [1.54, 1.807) is 79.7 Å². The van der Waals surface area contributed by atoms with Gasteiger partial charge in [0.1, 0.15) is 24.1 Å². The van der Waals surface area contributed by atoms with Gasteiger partial charge in [-0.3, -0.25) is 13.9 Å². The molecule has 0 fully saturated rings. The number of anilines is 1. The van der Waals surface area contributed by atoms with Crippen molar-refractivity contribution in [3.05, 3.63) is 119 Å². The number of para-hydroxylation sites is 1. The minimum absolute atomic E-state index is 0.00521. The van der Waals surface area contributed by atoms with Crippen molar-refractivity contribution >= 4 is 50.7 Å². The Morgan fingerprint density at radius 2 is 1.35 bits per heavy atom. The molecule has 0 aromatic heterocycles. The number of amides is 2. The molecule has 0 unspecified atom stereocenters. The van der Waals surface area contributed by atoms with Crippen LogP contribution in [0.5, 0.6) is 11.5 Å². The van der Waals surface area contributed by atoms with Crippen LogP contribution in [0, 0.1) is 0 Å². The summed E-state index contributed by atoms with van der Waals surface area (Å²) < 4.78 is 35.1. The summed E-state index contributed by atoms with van der Waals surface area (Å²) >= 11 is 13.0. The van der Waals surface area contributed by atoms with E-state index in [1.807, 2.05) is 39.0 Å². The van der Waals surface area contributed by atoms with E-state index in [-0.39, 0.29) is 29.5 Å². The topological polar surface area (TPSA) is 96.0 Å². The highest BCUT2D eigenvalue weighted by atomic mass is 35.5. The quantitative estimate of drug-likeness (QED) is 0.165. The molecule has 1 atom stereocenters. The van der Waals surface area contributed by atoms with E-state index in [2.05, 4.69) is 5.32 Å². The summed E-state index contributed by atoms with van der Waals surface area (Å²) in [5.41, 5.74) is 0.106. The van der Waals surface area contributed by atoms with Crippen molar-refractivity contribution in [2.24, 2.45) is 0 Å². The van der Waals surface area contributed by atoms with Gasteiger partial charge >= 0.3 is 0 Å². The Morgan fingerprint density at radius 1 is 0.804 bits per heavy atom. The zero-order valence-electron chi connectivity index (χ0n) is 26.1. The van der Waals surface area contributed by atoms with Crippen LogP contribution in [-0.4, -0.2) is 43.3 Å². The Morgan fingerprint density at radius 3 is 1.89 bits per heavy atom. The number of nitrogens with one attached hydrogen (secondary N) is 1. The fourth-order valence-electron chi connectivity index (χ4n) is 4.78. The van der Waals surface area contributed by atoms with Crippen molar-refractivity contribution in [3.63, 3.8) is 0 Å². The zero-order chi connectivity index (χ0) is 33.5. The highest BCUT2D eigenvalue weighted by Gasteiger charge is 2.35. The lowest BCUT2D eigenvalue weighted by atomic mass is 10.1. The molecule has 0 aliphatic rings. The largest absolute Gasteiger partial charge is 0.457 e. The monoisotopic (exact) mass is 681 g/mol. The molecule has 0 aliphatic heterocycles. The molecule has 4 aromatic carbocycles. The maximum Gasteiger partial charge on any atom is 0.264 e. The van der Waals surface area contributed by atoms with E-state index in [9.17, 15) is 18.0 Å². The van der Waals surface area contributed by atoms with Gasteiger partial charge in [-0.1, -0.05) is 72.6 Å². The first-order valence-electron chi connectivity index (χ1n) is 14.8. The Hall–Kier alpha value is -4.05. The molecule has 1 N–H and O–H groups in total. The van der Waals surface area contributed by atoms with Gasteiger partial charge in [0, 0.05) is 27.7 Å². The molecule has 4 aromatic rings. The number of hydrogen-bond donors (Lipinski definition) is 1. The van der Waals surface area contributed by atoms with Crippen LogP contribution in [0.15, 0.2) is 108 Å². The van der Waals surface area contributed by atoms with Crippen LogP contribution in [0.4, 0.5) is 5.69 Å². The van der Waals surface area contributed by atoms with Crippen LogP contribution >= 0.6 is 23.2 Å². The zero-order valence-corrected chi connectivity index (χ0v) is 28.4. The molecule has 0 bridgehead atoms. The van der Waals surface area contributed by atoms with Crippen LogP contribution < -0.4 is 14.4 Å². The van der Waals surface area contributed by atoms with Gasteiger partial charge in [0.25, 0.3) is 10.0 Å². The highest BCUT2D eigenvalue weighted by molar-refractivity contribution is 7.92. The van der Waals surface area contributed by atoms with E-state index in [0.29, 0.717) is 27.1 Å². The molecule has 11 heteroatoms. The fraction of sp³-hybridized carbons (Fsp3) is 0.257. The van der Waals surface area contributed by atoms with Crippen molar-refractivity contribution in [2.75, 3.05) is 10.8 Å². The first-order chi connectivity index (χ1) is 21.8. The van der Waals surface area contributed by atoms with E-state index in [0.717, 1.165) is 4.31 Å². The average Bonchev–Trinajstić information content (AvgIpc) is 3.01. The SMILES string of the molecule is CC[C@H](C(=O)NC(C)(C)C)N(Cc1c(Cl)cccc1Cl)C(=O)CN(c1ccc(Oc2ccccc2)cc1)S(=O)(=O)c1ccccc1. The van der Waals surface area contributed by atoms with E-state index in [4.69, 9.17) is 27.9 Å². The minimum atomic E-state index is -4.23. The molecular weight excluding hydrogens is 645 g/mol. The van der Waals surface area contributed by atoms with Gasteiger partial charge in [-0.05, 0) is 87.9 Å². The van der Waals surface area contributed by atoms with Crippen molar-refractivity contribution in [3.8, 4) is 11.5 Å². The second kappa shape index (κ2) is 15.0. The lowest BCUT2D eigenvalue weighted by Gasteiger charge is -2.35. The van der Waals surface area contributed by atoms with Crippen LogP contribution in [-0.2, 0) is 26.2 Å². The molecule has 2 amide bonds. The molecule has 0 saturated carbocycles.